The number of carbonyl (C=O) groups is 1. The van der Waals surface area contributed by atoms with E-state index in [1.165, 1.54) is 0 Å². The van der Waals surface area contributed by atoms with Crippen molar-refractivity contribution in [3.8, 4) is 5.75 Å². The van der Waals surface area contributed by atoms with E-state index in [0.717, 1.165) is 5.56 Å². The Morgan fingerprint density at radius 3 is 2.53 bits per heavy atom. The van der Waals surface area contributed by atoms with Crippen LogP contribution in [0.1, 0.15) is 46.8 Å². The number of hydrogen-bond acceptors (Lipinski definition) is 2. The van der Waals surface area contributed by atoms with Crippen LogP contribution in [0.2, 0.25) is 0 Å². The number of allylic oxidation sites excluding steroid dienone is 1. The highest BCUT2D eigenvalue weighted by atomic mass is 16.4. The van der Waals surface area contributed by atoms with Crippen molar-refractivity contribution in [3.63, 3.8) is 0 Å². The Morgan fingerprint density at radius 2 is 2.12 bits per heavy atom. The topological polar surface area (TPSA) is 57.5 Å². The van der Waals surface area contributed by atoms with E-state index in [1.807, 2.05) is 19.9 Å². The zero-order valence-corrected chi connectivity index (χ0v) is 10.4. The summed E-state index contributed by atoms with van der Waals surface area (Å²) in [5.41, 5.74) is 2.19. The van der Waals surface area contributed by atoms with E-state index in [2.05, 4.69) is 6.58 Å². The molecule has 3 heteroatoms. The molecule has 0 aliphatic carbocycles. The number of aromatic hydroxyl groups is 1. The molecular formula is C14H18O3. The number of aromatic carboxylic acids is 1. The first-order chi connectivity index (χ1) is 7.90. The van der Waals surface area contributed by atoms with E-state index < -0.39 is 5.97 Å². The molecule has 3 nitrogen and oxygen atoms in total. The first-order valence-electron chi connectivity index (χ1n) is 5.59. The van der Waals surface area contributed by atoms with Gasteiger partial charge in [0.15, 0.2) is 0 Å². The zero-order valence-electron chi connectivity index (χ0n) is 10.4. The lowest BCUT2D eigenvalue weighted by molar-refractivity contribution is 0.0692. The molecule has 0 aromatic heterocycles. The van der Waals surface area contributed by atoms with E-state index in [0.29, 0.717) is 17.5 Å². The van der Waals surface area contributed by atoms with Crippen molar-refractivity contribution in [1.82, 2.24) is 0 Å². The molecule has 1 aromatic carbocycles. The summed E-state index contributed by atoms with van der Waals surface area (Å²) in [5.74, 6) is -1.12. The highest BCUT2D eigenvalue weighted by Gasteiger charge is 2.20. The van der Waals surface area contributed by atoms with Crippen molar-refractivity contribution >= 4 is 5.97 Å². The number of benzene rings is 1. The van der Waals surface area contributed by atoms with Gasteiger partial charge in [-0.3, -0.25) is 0 Å². The van der Waals surface area contributed by atoms with Crippen LogP contribution in [0.25, 0.3) is 0 Å². The van der Waals surface area contributed by atoms with Crippen LogP contribution in [0.4, 0.5) is 0 Å². The third-order valence-electron chi connectivity index (χ3n) is 2.90. The summed E-state index contributed by atoms with van der Waals surface area (Å²) in [6.07, 6.45) is 2.33. The fraction of sp³-hybridized carbons (Fsp3) is 0.357. The van der Waals surface area contributed by atoms with Gasteiger partial charge in [-0.2, -0.15) is 0 Å². The van der Waals surface area contributed by atoms with E-state index >= 15 is 0 Å². The molecule has 0 bridgehead atoms. The maximum Gasteiger partial charge on any atom is 0.339 e. The first kappa shape index (κ1) is 13.3. The molecule has 0 fully saturated rings. The lowest BCUT2D eigenvalue weighted by Crippen LogP contribution is -2.06. The molecule has 0 saturated heterocycles. The van der Waals surface area contributed by atoms with E-state index in [4.69, 9.17) is 5.11 Å². The maximum atomic E-state index is 11.2. The van der Waals surface area contributed by atoms with Crippen LogP contribution < -0.4 is 0 Å². The van der Waals surface area contributed by atoms with Crippen LogP contribution in [-0.2, 0) is 6.42 Å². The summed E-state index contributed by atoms with van der Waals surface area (Å²) in [6, 6.07) is 1.86. The van der Waals surface area contributed by atoms with Gasteiger partial charge in [0, 0.05) is 0 Å². The normalized spacial score (nSPS) is 10.6. The van der Waals surface area contributed by atoms with Crippen molar-refractivity contribution in [2.24, 2.45) is 0 Å². The number of carboxylic acids is 1. The summed E-state index contributed by atoms with van der Waals surface area (Å²) in [5, 5.41) is 19.2. The van der Waals surface area contributed by atoms with Crippen LogP contribution in [0.5, 0.6) is 5.75 Å². The lowest BCUT2D eigenvalue weighted by atomic mass is 9.91. The number of hydrogen-bond donors (Lipinski definition) is 2. The Kier molecular flexibility index (Phi) is 3.94. The van der Waals surface area contributed by atoms with Crippen LogP contribution in [0.3, 0.4) is 0 Å². The predicted molar refractivity (Wildman–Crippen MR) is 67.8 cm³/mol. The summed E-state index contributed by atoms with van der Waals surface area (Å²) < 4.78 is 0. The summed E-state index contributed by atoms with van der Waals surface area (Å²) in [7, 11) is 0. The molecule has 1 aromatic rings. The standard InChI is InChI=1S/C14H18O3/c1-5-6-10-7-11(8(2)3)13(15)12(9(10)4)14(16)17/h5,7-8,15H,1,6H2,2-4H3,(H,16,17). The van der Waals surface area contributed by atoms with E-state index in [1.54, 1.807) is 13.0 Å². The van der Waals surface area contributed by atoms with Crippen LogP contribution in [0.15, 0.2) is 18.7 Å². The Bertz CT molecular complexity index is 459. The van der Waals surface area contributed by atoms with Gasteiger partial charge in [0.1, 0.15) is 11.3 Å². The van der Waals surface area contributed by atoms with Gasteiger partial charge in [-0.05, 0) is 36.0 Å². The monoisotopic (exact) mass is 234 g/mol. The molecule has 0 amide bonds. The second kappa shape index (κ2) is 5.04. The molecule has 0 atom stereocenters. The molecule has 1 rings (SSSR count). The third-order valence-corrected chi connectivity index (χ3v) is 2.90. The lowest BCUT2D eigenvalue weighted by Gasteiger charge is -2.16. The van der Waals surface area contributed by atoms with Crippen LogP contribution in [-0.4, -0.2) is 16.2 Å². The predicted octanol–water partition coefficient (Wildman–Crippen LogP) is 3.25. The summed E-state index contributed by atoms with van der Waals surface area (Å²) >= 11 is 0. The second-order valence-electron chi connectivity index (χ2n) is 4.43. The number of carboxylic acid groups (broad SMARTS) is 1. The highest BCUT2D eigenvalue weighted by Crippen LogP contribution is 2.33. The fourth-order valence-corrected chi connectivity index (χ4v) is 1.92. The first-order valence-corrected chi connectivity index (χ1v) is 5.59. The molecule has 0 saturated carbocycles. The quantitative estimate of drug-likeness (QED) is 0.786. The van der Waals surface area contributed by atoms with Crippen molar-refractivity contribution in [2.75, 3.05) is 0 Å². The average molecular weight is 234 g/mol. The minimum absolute atomic E-state index is 0.00745. The third kappa shape index (κ3) is 2.49. The van der Waals surface area contributed by atoms with E-state index in [-0.39, 0.29) is 17.2 Å². The number of phenols is 1. The zero-order chi connectivity index (χ0) is 13.2. The Hall–Kier alpha value is -1.77. The molecule has 0 spiro atoms. The maximum absolute atomic E-state index is 11.2. The Labute approximate surface area is 101 Å². The molecule has 92 valence electrons. The van der Waals surface area contributed by atoms with Crippen molar-refractivity contribution in [3.05, 3.63) is 41.0 Å². The van der Waals surface area contributed by atoms with Gasteiger partial charge < -0.3 is 10.2 Å². The molecule has 17 heavy (non-hydrogen) atoms. The molecule has 0 aliphatic heterocycles. The van der Waals surface area contributed by atoms with Gasteiger partial charge in [0.25, 0.3) is 0 Å². The van der Waals surface area contributed by atoms with Gasteiger partial charge in [0.2, 0.25) is 0 Å². The fourth-order valence-electron chi connectivity index (χ4n) is 1.92. The molecular weight excluding hydrogens is 216 g/mol. The van der Waals surface area contributed by atoms with Gasteiger partial charge in [-0.15, -0.1) is 6.58 Å². The van der Waals surface area contributed by atoms with Crippen LogP contribution >= 0.6 is 0 Å². The summed E-state index contributed by atoms with van der Waals surface area (Å²) in [4.78, 5) is 11.2. The molecule has 2 N–H and O–H groups in total. The molecule has 0 radical (unpaired) electrons. The van der Waals surface area contributed by atoms with Gasteiger partial charge in [0.05, 0.1) is 0 Å². The largest absolute Gasteiger partial charge is 0.507 e. The molecule has 0 aliphatic rings. The van der Waals surface area contributed by atoms with Crippen molar-refractivity contribution < 1.29 is 15.0 Å². The summed E-state index contributed by atoms with van der Waals surface area (Å²) in [6.45, 7) is 9.22. The van der Waals surface area contributed by atoms with Gasteiger partial charge in [-0.1, -0.05) is 26.0 Å². The molecule has 0 heterocycles. The second-order valence-corrected chi connectivity index (χ2v) is 4.43. The van der Waals surface area contributed by atoms with Crippen molar-refractivity contribution in [2.45, 2.75) is 33.1 Å². The van der Waals surface area contributed by atoms with Crippen LogP contribution in [0, 0.1) is 6.92 Å². The minimum atomic E-state index is -1.09. The van der Waals surface area contributed by atoms with Gasteiger partial charge >= 0.3 is 5.97 Å². The Balaban J connectivity index is 3.56. The Morgan fingerprint density at radius 1 is 1.53 bits per heavy atom. The highest BCUT2D eigenvalue weighted by molar-refractivity contribution is 5.93. The smallest absolute Gasteiger partial charge is 0.339 e. The minimum Gasteiger partial charge on any atom is -0.507 e. The molecule has 0 unspecified atom stereocenters. The SMILES string of the molecule is C=CCc1cc(C(C)C)c(O)c(C(=O)O)c1C. The average Bonchev–Trinajstić information content (AvgIpc) is 2.21. The van der Waals surface area contributed by atoms with Crippen molar-refractivity contribution in [1.29, 1.82) is 0 Å². The van der Waals surface area contributed by atoms with E-state index in [9.17, 15) is 9.90 Å². The van der Waals surface area contributed by atoms with Gasteiger partial charge in [-0.25, -0.2) is 4.79 Å². The number of rotatable bonds is 4.